The molecule has 0 aliphatic heterocycles. The summed E-state index contributed by atoms with van der Waals surface area (Å²) in [6, 6.07) is 7.02. The van der Waals surface area contributed by atoms with Crippen LogP contribution in [0, 0.1) is 29.1 Å². The molecular weight excluding hydrogens is 340 g/mol. The summed E-state index contributed by atoms with van der Waals surface area (Å²) >= 11 is 0. The van der Waals surface area contributed by atoms with Crippen molar-refractivity contribution in [3.05, 3.63) is 30.1 Å². The number of aromatic nitrogens is 1. The van der Waals surface area contributed by atoms with Crippen LogP contribution in [0.25, 0.3) is 0 Å². The van der Waals surface area contributed by atoms with E-state index < -0.39 is 5.92 Å². The number of hydrogen-bond acceptors (Lipinski definition) is 4. The van der Waals surface area contributed by atoms with Gasteiger partial charge in [-0.25, -0.2) is 4.79 Å². The Morgan fingerprint density at radius 2 is 1.85 bits per heavy atom. The predicted octanol–water partition coefficient (Wildman–Crippen LogP) is 2.92. The fourth-order valence-electron chi connectivity index (χ4n) is 5.84. The molecule has 1 aromatic heterocycles. The third kappa shape index (κ3) is 3.83. The van der Waals surface area contributed by atoms with Crippen LogP contribution in [-0.4, -0.2) is 28.9 Å². The smallest absolute Gasteiger partial charge is 0.315 e. The molecule has 0 radical (unpaired) electrons. The van der Waals surface area contributed by atoms with Crippen molar-refractivity contribution in [2.75, 3.05) is 6.54 Å². The van der Waals surface area contributed by atoms with E-state index in [0.717, 1.165) is 37.0 Å². The molecule has 4 saturated carbocycles. The van der Waals surface area contributed by atoms with E-state index in [4.69, 9.17) is 0 Å². The van der Waals surface area contributed by atoms with E-state index in [-0.39, 0.29) is 30.3 Å². The molecule has 2 N–H and O–H groups in total. The van der Waals surface area contributed by atoms with Gasteiger partial charge in [0.15, 0.2) is 5.78 Å². The Balaban J connectivity index is 1.26. The standard InChI is InChI=1S/C21H26N4O2/c22-13-17(18-3-1-2-5-23-18)19(26)4-6-24-20(27)25-21-10-14-7-15(11-21)9-16(8-14)12-21/h1-3,5,14-17H,4,6-12H2,(H2,24,25,27)/t14?,15?,16?,17-,21?/m1/s1. The Morgan fingerprint density at radius 3 is 2.41 bits per heavy atom. The Kier molecular flexibility index (Phi) is 4.86. The lowest BCUT2D eigenvalue weighted by Gasteiger charge is -2.56. The average molecular weight is 366 g/mol. The minimum absolute atomic E-state index is 0.0357. The average Bonchev–Trinajstić information content (AvgIpc) is 2.61. The summed E-state index contributed by atoms with van der Waals surface area (Å²) < 4.78 is 0. The van der Waals surface area contributed by atoms with E-state index in [2.05, 4.69) is 15.6 Å². The second-order valence-electron chi connectivity index (χ2n) is 8.61. The summed E-state index contributed by atoms with van der Waals surface area (Å²) in [5.74, 6) is 1.22. The van der Waals surface area contributed by atoms with Crippen LogP contribution < -0.4 is 10.6 Å². The number of urea groups is 1. The highest BCUT2D eigenvalue weighted by molar-refractivity contribution is 5.88. The van der Waals surface area contributed by atoms with E-state index in [0.29, 0.717) is 5.69 Å². The Bertz CT molecular complexity index is 720. The van der Waals surface area contributed by atoms with Crippen molar-refractivity contribution in [2.24, 2.45) is 17.8 Å². The van der Waals surface area contributed by atoms with Crippen molar-refractivity contribution in [1.82, 2.24) is 15.6 Å². The molecular formula is C21H26N4O2. The van der Waals surface area contributed by atoms with Gasteiger partial charge in [0.1, 0.15) is 5.92 Å². The summed E-state index contributed by atoms with van der Waals surface area (Å²) in [4.78, 5) is 28.8. The van der Waals surface area contributed by atoms with Crippen molar-refractivity contribution in [2.45, 2.75) is 56.4 Å². The largest absolute Gasteiger partial charge is 0.338 e. The zero-order chi connectivity index (χ0) is 18.9. The van der Waals surface area contributed by atoms with Gasteiger partial charge in [-0.3, -0.25) is 9.78 Å². The van der Waals surface area contributed by atoms with Crippen molar-refractivity contribution in [3.8, 4) is 6.07 Å². The number of amides is 2. The summed E-state index contributed by atoms with van der Waals surface area (Å²) in [6.07, 6.45) is 9.00. The second kappa shape index (κ2) is 7.30. The lowest BCUT2D eigenvalue weighted by molar-refractivity contribution is -0.119. The first-order chi connectivity index (χ1) is 13.1. The highest BCUT2D eigenvalue weighted by Crippen LogP contribution is 2.55. The molecule has 1 heterocycles. The monoisotopic (exact) mass is 366 g/mol. The number of nitrogens with zero attached hydrogens (tertiary/aromatic N) is 2. The molecule has 27 heavy (non-hydrogen) atoms. The van der Waals surface area contributed by atoms with Gasteiger partial charge in [0.25, 0.3) is 0 Å². The van der Waals surface area contributed by atoms with E-state index >= 15 is 0 Å². The molecule has 1 aromatic rings. The highest BCUT2D eigenvalue weighted by Gasteiger charge is 2.51. The van der Waals surface area contributed by atoms with Crippen molar-refractivity contribution >= 4 is 11.8 Å². The van der Waals surface area contributed by atoms with Crippen LogP contribution >= 0.6 is 0 Å². The fourth-order valence-corrected chi connectivity index (χ4v) is 5.84. The molecule has 0 aromatic carbocycles. The Labute approximate surface area is 159 Å². The van der Waals surface area contributed by atoms with Crippen LogP contribution in [-0.2, 0) is 4.79 Å². The van der Waals surface area contributed by atoms with Gasteiger partial charge >= 0.3 is 6.03 Å². The van der Waals surface area contributed by atoms with Crippen molar-refractivity contribution in [3.63, 3.8) is 0 Å². The summed E-state index contributed by atoms with van der Waals surface area (Å²) in [7, 11) is 0. The van der Waals surface area contributed by atoms with Gasteiger partial charge in [-0.15, -0.1) is 0 Å². The SMILES string of the molecule is N#C[C@@H](C(=O)CCNC(=O)NC12CC3CC(CC(C3)C1)C2)c1ccccn1. The fraction of sp³-hybridized carbons (Fsp3) is 0.619. The molecule has 6 heteroatoms. The van der Waals surface area contributed by atoms with Gasteiger partial charge in [-0.1, -0.05) is 6.07 Å². The quantitative estimate of drug-likeness (QED) is 0.809. The zero-order valence-corrected chi connectivity index (χ0v) is 15.5. The number of pyridine rings is 1. The maximum absolute atomic E-state index is 12.4. The number of ketones is 1. The van der Waals surface area contributed by atoms with Gasteiger partial charge in [0.2, 0.25) is 0 Å². The number of Topliss-reactive ketones (excluding diaryl/α,β-unsaturated/α-hetero) is 1. The number of carbonyl (C=O) groups excluding carboxylic acids is 2. The third-order valence-electron chi connectivity index (χ3n) is 6.51. The summed E-state index contributed by atoms with van der Waals surface area (Å²) in [6.45, 7) is 0.238. The van der Waals surface area contributed by atoms with Crippen LogP contribution in [0.2, 0.25) is 0 Å². The molecule has 0 unspecified atom stereocenters. The summed E-state index contributed by atoms with van der Waals surface area (Å²) in [5, 5.41) is 15.3. The topological polar surface area (TPSA) is 94.9 Å². The molecule has 4 aliphatic rings. The normalized spacial score (nSPS) is 31.7. The van der Waals surface area contributed by atoms with Crippen LogP contribution in [0.1, 0.15) is 56.6 Å². The molecule has 142 valence electrons. The minimum Gasteiger partial charge on any atom is -0.338 e. The van der Waals surface area contributed by atoms with Gasteiger partial charge in [-0.05, 0) is 68.4 Å². The number of nitriles is 1. The minimum atomic E-state index is -0.876. The molecule has 4 aliphatic carbocycles. The van der Waals surface area contributed by atoms with Crippen LogP contribution in [0.5, 0.6) is 0 Å². The first kappa shape index (κ1) is 18.0. The van der Waals surface area contributed by atoms with E-state index in [9.17, 15) is 14.9 Å². The van der Waals surface area contributed by atoms with Gasteiger partial charge in [0, 0.05) is 24.7 Å². The van der Waals surface area contributed by atoms with Crippen molar-refractivity contribution < 1.29 is 9.59 Å². The van der Waals surface area contributed by atoms with E-state index in [1.54, 1.807) is 24.4 Å². The van der Waals surface area contributed by atoms with E-state index in [1.807, 2.05) is 6.07 Å². The zero-order valence-electron chi connectivity index (χ0n) is 15.5. The predicted molar refractivity (Wildman–Crippen MR) is 99.7 cm³/mol. The van der Waals surface area contributed by atoms with Crippen LogP contribution in [0.15, 0.2) is 24.4 Å². The van der Waals surface area contributed by atoms with Gasteiger partial charge in [0.05, 0.1) is 11.8 Å². The molecule has 4 bridgehead atoms. The molecule has 5 rings (SSSR count). The number of nitrogens with one attached hydrogen (secondary N) is 2. The van der Waals surface area contributed by atoms with E-state index in [1.165, 1.54) is 19.3 Å². The Hall–Kier alpha value is -2.42. The molecule has 2 amide bonds. The lowest BCUT2D eigenvalue weighted by atomic mass is 9.53. The maximum Gasteiger partial charge on any atom is 0.315 e. The highest BCUT2D eigenvalue weighted by atomic mass is 16.2. The maximum atomic E-state index is 12.4. The molecule has 0 saturated heterocycles. The molecule has 4 fully saturated rings. The molecule has 1 atom stereocenters. The lowest BCUT2D eigenvalue weighted by Crippen LogP contribution is -2.61. The van der Waals surface area contributed by atoms with Crippen molar-refractivity contribution in [1.29, 1.82) is 5.26 Å². The first-order valence-electron chi connectivity index (χ1n) is 9.96. The second-order valence-corrected chi connectivity index (χ2v) is 8.61. The first-order valence-corrected chi connectivity index (χ1v) is 9.96. The van der Waals surface area contributed by atoms with Gasteiger partial charge in [-0.2, -0.15) is 5.26 Å². The third-order valence-corrected chi connectivity index (χ3v) is 6.51. The van der Waals surface area contributed by atoms with Crippen LogP contribution in [0.4, 0.5) is 4.79 Å². The molecule has 6 nitrogen and oxygen atoms in total. The van der Waals surface area contributed by atoms with Crippen LogP contribution in [0.3, 0.4) is 0 Å². The Morgan fingerprint density at radius 1 is 1.19 bits per heavy atom. The number of carbonyl (C=O) groups is 2. The number of rotatable bonds is 6. The molecule has 0 spiro atoms. The van der Waals surface area contributed by atoms with Gasteiger partial charge < -0.3 is 10.6 Å². The summed E-state index contributed by atoms with van der Waals surface area (Å²) in [5.41, 5.74) is 0.425. The number of hydrogen-bond donors (Lipinski definition) is 2.